The van der Waals surface area contributed by atoms with Crippen molar-refractivity contribution in [2.45, 2.75) is 32.2 Å². The number of alkyl halides is 3. The summed E-state index contributed by atoms with van der Waals surface area (Å²) in [7, 11) is 0. The second-order valence-corrected chi connectivity index (χ2v) is 3.17. The van der Waals surface area contributed by atoms with Gasteiger partial charge in [-0.2, -0.15) is 18.2 Å². The van der Waals surface area contributed by atoms with Crippen molar-refractivity contribution in [1.82, 2.24) is 10.1 Å². The summed E-state index contributed by atoms with van der Waals surface area (Å²) < 4.78 is 44.3. The van der Waals surface area contributed by atoms with E-state index in [1.807, 2.05) is 6.92 Å². The summed E-state index contributed by atoms with van der Waals surface area (Å²) in [6, 6.07) is -0.399. The maximum absolute atomic E-state index is 11.7. The molecule has 92 valence electrons. The summed E-state index contributed by atoms with van der Waals surface area (Å²) in [6.07, 6.45) is -3.75. The van der Waals surface area contributed by atoms with E-state index in [4.69, 9.17) is 10.3 Å². The molecular formula is C8H12F3N3O2. The number of hydrogen-bond donors (Lipinski definition) is 1. The molecular weight excluding hydrogens is 227 g/mol. The molecule has 0 aromatic carbocycles. The lowest BCUT2D eigenvalue weighted by Crippen LogP contribution is -2.17. The SMILES string of the molecule is CCC(N)c1nc(COCC(F)(F)F)no1. The summed E-state index contributed by atoms with van der Waals surface area (Å²) in [5, 5.41) is 3.45. The van der Waals surface area contributed by atoms with E-state index in [0.29, 0.717) is 6.42 Å². The van der Waals surface area contributed by atoms with Crippen molar-refractivity contribution in [3.63, 3.8) is 0 Å². The zero-order chi connectivity index (χ0) is 12.2. The fourth-order valence-electron chi connectivity index (χ4n) is 0.909. The van der Waals surface area contributed by atoms with Gasteiger partial charge in [-0.3, -0.25) is 0 Å². The van der Waals surface area contributed by atoms with Gasteiger partial charge in [-0.05, 0) is 6.42 Å². The maximum atomic E-state index is 11.7. The van der Waals surface area contributed by atoms with Crippen LogP contribution in [0.4, 0.5) is 13.2 Å². The third-order valence-electron chi connectivity index (χ3n) is 1.74. The molecule has 0 aliphatic rings. The summed E-state index contributed by atoms with van der Waals surface area (Å²) in [5.41, 5.74) is 5.59. The molecule has 0 spiro atoms. The smallest absolute Gasteiger partial charge is 0.364 e. The van der Waals surface area contributed by atoms with E-state index in [1.165, 1.54) is 0 Å². The summed E-state index contributed by atoms with van der Waals surface area (Å²) >= 11 is 0. The van der Waals surface area contributed by atoms with Gasteiger partial charge >= 0.3 is 6.18 Å². The predicted molar refractivity (Wildman–Crippen MR) is 47.2 cm³/mol. The van der Waals surface area contributed by atoms with E-state index in [2.05, 4.69) is 14.9 Å². The van der Waals surface area contributed by atoms with Gasteiger partial charge in [0.1, 0.15) is 13.2 Å². The zero-order valence-corrected chi connectivity index (χ0v) is 8.62. The van der Waals surface area contributed by atoms with Gasteiger partial charge in [0.2, 0.25) is 5.89 Å². The lowest BCUT2D eigenvalue weighted by molar-refractivity contribution is -0.177. The third kappa shape index (κ3) is 4.15. The molecule has 5 nitrogen and oxygen atoms in total. The number of rotatable bonds is 5. The van der Waals surface area contributed by atoms with Gasteiger partial charge in [-0.1, -0.05) is 12.1 Å². The fourth-order valence-corrected chi connectivity index (χ4v) is 0.909. The highest BCUT2D eigenvalue weighted by Gasteiger charge is 2.27. The molecule has 1 atom stereocenters. The number of nitrogens with zero attached hydrogens (tertiary/aromatic N) is 2. The molecule has 1 rings (SSSR count). The molecule has 1 aromatic heterocycles. The first kappa shape index (κ1) is 12.9. The molecule has 8 heteroatoms. The van der Waals surface area contributed by atoms with Crippen LogP contribution in [0.15, 0.2) is 4.52 Å². The lowest BCUT2D eigenvalue weighted by Gasteiger charge is -2.04. The van der Waals surface area contributed by atoms with Gasteiger partial charge in [0.25, 0.3) is 0 Å². The Morgan fingerprint density at radius 1 is 1.50 bits per heavy atom. The molecule has 0 aliphatic heterocycles. The van der Waals surface area contributed by atoms with E-state index in [0.717, 1.165) is 0 Å². The van der Waals surface area contributed by atoms with Crippen molar-refractivity contribution in [2.24, 2.45) is 5.73 Å². The van der Waals surface area contributed by atoms with Crippen LogP contribution in [0.5, 0.6) is 0 Å². The highest BCUT2D eigenvalue weighted by molar-refractivity contribution is 4.90. The fraction of sp³-hybridized carbons (Fsp3) is 0.750. The Morgan fingerprint density at radius 2 is 2.19 bits per heavy atom. The van der Waals surface area contributed by atoms with Crippen molar-refractivity contribution < 1.29 is 22.4 Å². The summed E-state index contributed by atoms with van der Waals surface area (Å²) in [5.74, 6) is 0.260. The number of halogens is 3. The highest BCUT2D eigenvalue weighted by atomic mass is 19.4. The largest absolute Gasteiger partial charge is 0.411 e. The molecule has 0 saturated heterocycles. The monoisotopic (exact) mass is 239 g/mol. The molecule has 16 heavy (non-hydrogen) atoms. The van der Waals surface area contributed by atoms with Crippen LogP contribution in [-0.2, 0) is 11.3 Å². The van der Waals surface area contributed by atoms with Crippen molar-refractivity contribution in [3.8, 4) is 0 Å². The van der Waals surface area contributed by atoms with E-state index in [-0.39, 0.29) is 18.3 Å². The Kier molecular flexibility index (Phi) is 4.25. The minimum absolute atomic E-state index is 0.0585. The van der Waals surface area contributed by atoms with Gasteiger partial charge < -0.3 is 15.0 Å². The van der Waals surface area contributed by atoms with Crippen molar-refractivity contribution >= 4 is 0 Å². The van der Waals surface area contributed by atoms with Crippen molar-refractivity contribution in [3.05, 3.63) is 11.7 Å². The van der Waals surface area contributed by atoms with Crippen LogP contribution in [0.25, 0.3) is 0 Å². The van der Waals surface area contributed by atoms with E-state index >= 15 is 0 Å². The minimum Gasteiger partial charge on any atom is -0.364 e. The van der Waals surface area contributed by atoms with Crippen LogP contribution in [0.3, 0.4) is 0 Å². The summed E-state index contributed by atoms with van der Waals surface area (Å²) in [4.78, 5) is 3.81. The number of ether oxygens (including phenoxy) is 1. The van der Waals surface area contributed by atoms with Crippen molar-refractivity contribution in [1.29, 1.82) is 0 Å². The molecule has 1 aromatic rings. The Labute approximate surface area is 89.8 Å². The first-order valence-electron chi connectivity index (χ1n) is 4.65. The zero-order valence-electron chi connectivity index (χ0n) is 8.62. The van der Waals surface area contributed by atoms with Gasteiger partial charge in [-0.15, -0.1) is 0 Å². The molecule has 1 heterocycles. The standard InChI is InChI=1S/C8H12F3N3O2/c1-2-5(12)7-13-6(14-16-7)3-15-4-8(9,10)11/h5H,2-4,12H2,1H3. The number of hydrogen-bond acceptors (Lipinski definition) is 5. The molecule has 0 radical (unpaired) electrons. The van der Waals surface area contributed by atoms with Gasteiger partial charge in [0.15, 0.2) is 5.82 Å². The molecule has 0 bridgehead atoms. The first-order chi connectivity index (χ1) is 7.42. The van der Waals surface area contributed by atoms with E-state index in [9.17, 15) is 13.2 Å². The van der Waals surface area contributed by atoms with Gasteiger partial charge in [0, 0.05) is 0 Å². The minimum atomic E-state index is -4.35. The average Bonchev–Trinajstić information content (AvgIpc) is 2.63. The van der Waals surface area contributed by atoms with Crippen LogP contribution in [0.1, 0.15) is 31.1 Å². The Morgan fingerprint density at radius 3 is 2.75 bits per heavy atom. The Bertz CT molecular complexity index is 327. The molecule has 0 aliphatic carbocycles. The number of nitrogens with two attached hydrogens (primary N) is 1. The lowest BCUT2D eigenvalue weighted by atomic mass is 10.2. The van der Waals surface area contributed by atoms with Crippen LogP contribution in [0.2, 0.25) is 0 Å². The topological polar surface area (TPSA) is 74.2 Å². The van der Waals surface area contributed by atoms with Gasteiger partial charge in [0.05, 0.1) is 6.04 Å². The van der Waals surface area contributed by atoms with Crippen LogP contribution < -0.4 is 5.73 Å². The predicted octanol–water partition coefficient (Wildman–Crippen LogP) is 1.56. The van der Waals surface area contributed by atoms with Crippen LogP contribution >= 0.6 is 0 Å². The quantitative estimate of drug-likeness (QED) is 0.843. The third-order valence-corrected chi connectivity index (χ3v) is 1.74. The average molecular weight is 239 g/mol. The molecule has 0 fully saturated rings. The molecule has 0 saturated carbocycles. The van der Waals surface area contributed by atoms with Crippen LogP contribution in [-0.4, -0.2) is 22.9 Å². The molecule has 2 N–H and O–H groups in total. The molecule has 0 amide bonds. The van der Waals surface area contributed by atoms with E-state index in [1.54, 1.807) is 0 Å². The number of aromatic nitrogens is 2. The second kappa shape index (κ2) is 5.26. The highest BCUT2D eigenvalue weighted by Crippen LogP contribution is 2.16. The second-order valence-electron chi connectivity index (χ2n) is 3.17. The summed E-state index contributed by atoms with van der Waals surface area (Å²) in [6.45, 7) is 0.144. The van der Waals surface area contributed by atoms with Gasteiger partial charge in [-0.25, -0.2) is 0 Å². The van der Waals surface area contributed by atoms with E-state index < -0.39 is 18.8 Å². The Hall–Kier alpha value is -1.15. The normalized spacial score (nSPS) is 14.1. The first-order valence-corrected chi connectivity index (χ1v) is 4.65. The van der Waals surface area contributed by atoms with Crippen molar-refractivity contribution in [2.75, 3.05) is 6.61 Å². The molecule has 1 unspecified atom stereocenters. The Balaban J connectivity index is 2.41. The van der Waals surface area contributed by atoms with Crippen LogP contribution in [0, 0.1) is 0 Å². The maximum Gasteiger partial charge on any atom is 0.411 e.